The minimum Gasteiger partial charge on any atom is -0.405 e. The zero-order valence-corrected chi connectivity index (χ0v) is 10.2. The Bertz CT molecular complexity index is 597. The fraction of sp³-hybridized carbons (Fsp3) is 0.143. The molecule has 0 bridgehead atoms. The summed E-state index contributed by atoms with van der Waals surface area (Å²) >= 11 is 0. The number of ether oxygens (including phenoxy) is 1. The highest BCUT2D eigenvalue weighted by molar-refractivity contribution is 5.99. The van der Waals surface area contributed by atoms with Crippen molar-refractivity contribution >= 4 is 5.78 Å². The molecule has 20 heavy (non-hydrogen) atoms. The van der Waals surface area contributed by atoms with Crippen LogP contribution in [0.2, 0.25) is 0 Å². The Morgan fingerprint density at radius 3 is 2.40 bits per heavy atom. The maximum atomic E-state index is 12.3. The second kappa shape index (κ2) is 5.73. The first-order valence-electron chi connectivity index (χ1n) is 5.72. The largest absolute Gasteiger partial charge is 0.573 e. The third kappa shape index (κ3) is 3.81. The number of carbonyl (C=O) groups excluding carboxylic acids is 1. The molecule has 6 heteroatoms. The third-order valence-electron chi connectivity index (χ3n) is 2.53. The predicted molar refractivity (Wildman–Crippen MR) is 65.4 cm³/mol. The maximum absolute atomic E-state index is 12.3. The number of hydrogen-bond donors (Lipinski definition) is 0. The van der Waals surface area contributed by atoms with Crippen LogP contribution < -0.4 is 4.74 Å². The van der Waals surface area contributed by atoms with Gasteiger partial charge in [-0.15, -0.1) is 13.2 Å². The summed E-state index contributed by atoms with van der Waals surface area (Å²) in [7, 11) is 0. The van der Waals surface area contributed by atoms with E-state index < -0.39 is 17.9 Å². The lowest BCUT2D eigenvalue weighted by atomic mass is 10.0. The number of pyridine rings is 1. The summed E-state index contributed by atoms with van der Waals surface area (Å²) in [6.07, 6.45) is -1.81. The molecular formula is C14H10F3NO2. The standard InChI is InChI=1S/C14H10F3NO2/c15-14(16,17)20-13-4-2-1-3-11(13)12(19)9-10-5-7-18-8-6-10/h1-8H,9H2. The van der Waals surface area contributed by atoms with E-state index in [0.29, 0.717) is 5.56 Å². The number of nitrogens with zero attached hydrogens (tertiary/aromatic N) is 1. The van der Waals surface area contributed by atoms with E-state index in [9.17, 15) is 18.0 Å². The van der Waals surface area contributed by atoms with Crippen molar-refractivity contribution in [1.29, 1.82) is 0 Å². The van der Waals surface area contributed by atoms with E-state index >= 15 is 0 Å². The number of para-hydroxylation sites is 1. The molecule has 0 aliphatic heterocycles. The first kappa shape index (κ1) is 14.0. The van der Waals surface area contributed by atoms with Crippen LogP contribution in [-0.2, 0) is 6.42 Å². The van der Waals surface area contributed by atoms with E-state index in [1.54, 1.807) is 12.1 Å². The van der Waals surface area contributed by atoms with Crippen LogP contribution in [0.3, 0.4) is 0 Å². The van der Waals surface area contributed by atoms with Crippen molar-refractivity contribution < 1.29 is 22.7 Å². The van der Waals surface area contributed by atoms with Crippen LogP contribution >= 0.6 is 0 Å². The van der Waals surface area contributed by atoms with Gasteiger partial charge in [0.2, 0.25) is 0 Å². The van der Waals surface area contributed by atoms with Crippen molar-refractivity contribution in [3.8, 4) is 5.75 Å². The van der Waals surface area contributed by atoms with Crippen molar-refractivity contribution in [2.45, 2.75) is 12.8 Å². The zero-order chi connectivity index (χ0) is 14.6. The Morgan fingerprint density at radius 1 is 1.10 bits per heavy atom. The molecule has 2 rings (SSSR count). The van der Waals surface area contributed by atoms with Gasteiger partial charge >= 0.3 is 6.36 Å². The molecule has 1 aromatic heterocycles. The molecule has 0 saturated heterocycles. The molecule has 0 unspecified atom stereocenters. The Kier molecular flexibility index (Phi) is 4.02. The number of benzene rings is 1. The van der Waals surface area contributed by atoms with Gasteiger partial charge in [-0.3, -0.25) is 9.78 Å². The molecule has 1 heterocycles. The van der Waals surface area contributed by atoms with E-state index in [2.05, 4.69) is 9.72 Å². The Morgan fingerprint density at radius 2 is 1.75 bits per heavy atom. The molecule has 0 amide bonds. The summed E-state index contributed by atoms with van der Waals surface area (Å²) in [5, 5.41) is 0. The van der Waals surface area contributed by atoms with Crippen molar-refractivity contribution in [3.05, 3.63) is 59.9 Å². The lowest BCUT2D eigenvalue weighted by Gasteiger charge is -2.12. The number of carbonyl (C=O) groups is 1. The SMILES string of the molecule is O=C(Cc1ccncc1)c1ccccc1OC(F)(F)F. The molecule has 0 radical (unpaired) electrons. The number of aromatic nitrogens is 1. The number of halogens is 3. The zero-order valence-electron chi connectivity index (χ0n) is 10.2. The summed E-state index contributed by atoms with van der Waals surface area (Å²) in [6.45, 7) is 0. The Hall–Kier alpha value is -2.37. The van der Waals surface area contributed by atoms with E-state index in [1.165, 1.54) is 30.6 Å². The van der Waals surface area contributed by atoms with Gasteiger partial charge in [-0.05, 0) is 29.8 Å². The molecular weight excluding hydrogens is 271 g/mol. The number of ketones is 1. The first-order chi connectivity index (χ1) is 9.46. The number of alkyl halides is 3. The monoisotopic (exact) mass is 281 g/mol. The quantitative estimate of drug-likeness (QED) is 0.806. The van der Waals surface area contributed by atoms with Gasteiger partial charge in [0.1, 0.15) is 5.75 Å². The van der Waals surface area contributed by atoms with Gasteiger partial charge in [0.25, 0.3) is 0 Å². The average molecular weight is 281 g/mol. The van der Waals surface area contributed by atoms with Crippen molar-refractivity contribution in [2.24, 2.45) is 0 Å². The lowest BCUT2D eigenvalue weighted by Crippen LogP contribution is -2.19. The predicted octanol–water partition coefficient (Wildman–Crippen LogP) is 3.41. The molecule has 1 aromatic carbocycles. The smallest absolute Gasteiger partial charge is 0.405 e. The van der Waals surface area contributed by atoms with Crippen LogP contribution in [0, 0.1) is 0 Å². The summed E-state index contributed by atoms with van der Waals surface area (Å²) in [6, 6.07) is 8.56. The lowest BCUT2D eigenvalue weighted by molar-refractivity contribution is -0.274. The van der Waals surface area contributed by atoms with Crippen LogP contribution in [0.25, 0.3) is 0 Å². The summed E-state index contributed by atoms with van der Waals surface area (Å²) in [4.78, 5) is 15.9. The number of rotatable bonds is 4. The van der Waals surface area contributed by atoms with Crippen molar-refractivity contribution in [3.63, 3.8) is 0 Å². The second-order valence-electron chi connectivity index (χ2n) is 4.00. The molecule has 0 saturated carbocycles. The van der Waals surface area contributed by atoms with Gasteiger partial charge in [-0.25, -0.2) is 0 Å². The van der Waals surface area contributed by atoms with E-state index in [4.69, 9.17) is 0 Å². The van der Waals surface area contributed by atoms with Crippen LogP contribution in [0.4, 0.5) is 13.2 Å². The fourth-order valence-electron chi connectivity index (χ4n) is 1.69. The Labute approximate surface area is 113 Å². The fourth-order valence-corrected chi connectivity index (χ4v) is 1.69. The minimum absolute atomic E-state index is 0.0131. The van der Waals surface area contributed by atoms with Gasteiger partial charge < -0.3 is 4.74 Å². The highest BCUT2D eigenvalue weighted by atomic mass is 19.4. The van der Waals surface area contributed by atoms with Crippen LogP contribution in [-0.4, -0.2) is 17.1 Å². The number of Topliss-reactive ketones (excluding diaryl/α,β-unsaturated/α-hetero) is 1. The molecule has 0 aliphatic rings. The van der Waals surface area contributed by atoms with Crippen LogP contribution in [0.15, 0.2) is 48.8 Å². The van der Waals surface area contributed by atoms with E-state index in [0.717, 1.165) is 6.07 Å². The van der Waals surface area contributed by atoms with E-state index in [1.807, 2.05) is 0 Å². The first-order valence-corrected chi connectivity index (χ1v) is 5.72. The van der Waals surface area contributed by atoms with Gasteiger partial charge in [0.05, 0.1) is 5.56 Å². The van der Waals surface area contributed by atoms with Crippen molar-refractivity contribution in [1.82, 2.24) is 4.98 Å². The minimum atomic E-state index is -4.83. The third-order valence-corrected chi connectivity index (χ3v) is 2.53. The van der Waals surface area contributed by atoms with Crippen LogP contribution in [0.1, 0.15) is 15.9 Å². The topological polar surface area (TPSA) is 39.2 Å². The highest BCUT2D eigenvalue weighted by Gasteiger charge is 2.32. The van der Waals surface area contributed by atoms with E-state index in [-0.39, 0.29) is 12.0 Å². The van der Waals surface area contributed by atoms with Gasteiger partial charge in [0, 0.05) is 18.8 Å². The molecule has 0 aliphatic carbocycles. The molecule has 0 fully saturated rings. The molecule has 104 valence electrons. The molecule has 2 aromatic rings. The molecule has 0 atom stereocenters. The Balaban J connectivity index is 2.22. The second-order valence-corrected chi connectivity index (χ2v) is 4.00. The summed E-state index contributed by atoms with van der Waals surface area (Å²) in [5.74, 6) is -0.935. The maximum Gasteiger partial charge on any atom is 0.573 e. The molecule has 3 nitrogen and oxygen atoms in total. The normalized spacial score (nSPS) is 11.2. The average Bonchev–Trinajstić information content (AvgIpc) is 2.38. The number of hydrogen-bond acceptors (Lipinski definition) is 3. The molecule has 0 N–H and O–H groups in total. The van der Waals surface area contributed by atoms with Crippen LogP contribution in [0.5, 0.6) is 5.75 Å². The molecule has 0 spiro atoms. The van der Waals surface area contributed by atoms with Gasteiger partial charge in [-0.2, -0.15) is 0 Å². The summed E-state index contributed by atoms with van der Waals surface area (Å²) < 4.78 is 40.7. The highest BCUT2D eigenvalue weighted by Crippen LogP contribution is 2.27. The van der Waals surface area contributed by atoms with Gasteiger partial charge in [-0.1, -0.05) is 12.1 Å². The van der Waals surface area contributed by atoms with Crippen molar-refractivity contribution in [2.75, 3.05) is 0 Å². The van der Waals surface area contributed by atoms with Gasteiger partial charge in [0.15, 0.2) is 5.78 Å². The summed E-state index contributed by atoms with van der Waals surface area (Å²) in [5.41, 5.74) is 0.577.